The van der Waals surface area contributed by atoms with Crippen molar-refractivity contribution >= 4 is 12.1 Å². The minimum atomic E-state index is -0.986. The van der Waals surface area contributed by atoms with Gasteiger partial charge in [-0.15, -0.1) is 0 Å². The van der Waals surface area contributed by atoms with Crippen LogP contribution in [0.25, 0.3) is 11.1 Å². The fraction of sp³-hybridized carbons (Fsp3) is 0.409. The average molecular weight is 382 g/mol. The molecule has 0 radical (unpaired) electrons. The van der Waals surface area contributed by atoms with Crippen molar-refractivity contribution in [3.8, 4) is 11.1 Å². The highest BCUT2D eigenvalue weighted by Crippen LogP contribution is 2.29. The van der Waals surface area contributed by atoms with Gasteiger partial charge in [-0.3, -0.25) is 9.88 Å². The zero-order valence-corrected chi connectivity index (χ0v) is 16.5. The highest BCUT2D eigenvalue weighted by Gasteiger charge is 2.41. The van der Waals surface area contributed by atoms with Gasteiger partial charge in [-0.2, -0.15) is 0 Å². The number of rotatable bonds is 4. The molecule has 6 heteroatoms. The SMILES string of the molecule is CC(C)(C)OC(=O)N1C[C@@H](Cc2ccc(-c3cccnc3)cc2)C[C@@H]1C(=O)O. The number of aromatic nitrogens is 1. The van der Waals surface area contributed by atoms with E-state index in [4.69, 9.17) is 4.74 Å². The van der Waals surface area contributed by atoms with Gasteiger partial charge in [0.05, 0.1) is 0 Å². The summed E-state index contributed by atoms with van der Waals surface area (Å²) in [5.41, 5.74) is 2.60. The average Bonchev–Trinajstić information content (AvgIpc) is 3.06. The third-order valence-electron chi connectivity index (χ3n) is 4.77. The van der Waals surface area contributed by atoms with E-state index >= 15 is 0 Å². The molecule has 6 nitrogen and oxygen atoms in total. The van der Waals surface area contributed by atoms with Gasteiger partial charge in [0, 0.05) is 18.9 Å². The number of carbonyl (C=O) groups excluding carboxylic acids is 1. The quantitative estimate of drug-likeness (QED) is 0.864. The third kappa shape index (κ3) is 4.88. The normalized spacial score (nSPS) is 19.5. The summed E-state index contributed by atoms with van der Waals surface area (Å²) in [6.07, 6.45) is 4.15. The molecule has 2 aromatic rings. The van der Waals surface area contributed by atoms with Crippen LogP contribution in [0.4, 0.5) is 4.79 Å². The Labute approximate surface area is 165 Å². The van der Waals surface area contributed by atoms with Crippen molar-refractivity contribution in [2.75, 3.05) is 6.54 Å². The molecule has 1 fully saturated rings. The number of carboxylic acid groups (broad SMARTS) is 1. The third-order valence-corrected chi connectivity index (χ3v) is 4.77. The lowest BCUT2D eigenvalue weighted by molar-refractivity contribution is -0.142. The van der Waals surface area contributed by atoms with E-state index in [1.54, 1.807) is 27.0 Å². The Morgan fingerprint density at radius 3 is 2.46 bits per heavy atom. The molecule has 0 unspecified atom stereocenters. The van der Waals surface area contributed by atoms with Gasteiger partial charge in [0.2, 0.25) is 0 Å². The molecule has 0 aliphatic carbocycles. The van der Waals surface area contributed by atoms with Gasteiger partial charge < -0.3 is 9.84 Å². The molecular weight excluding hydrogens is 356 g/mol. The molecular formula is C22H26N2O4. The van der Waals surface area contributed by atoms with Crippen LogP contribution in [0.15, 0.2) is 48.8 Å². The maximum Gasteiger partial charge on any atom is 0.411 e. The molecule has 1 amide bonds. The summed E-state index contributed by atoms with van der Waals surface area (Å²) in [5.74, 6) is -0.904. The first kappa shape index (κ1) is 19.9. The van der Waals surface area contributed by atoms with Gasteiger partial charge in [-0.05, 0) is 62.3 Å². The molecule has 0 spiro atoms. The van der Waals surface area contributed by atoms with Crippen molar-refractivity contribution in [2.45, 2.75) is 45.3 Å². The van der Waals surface area contributed by atoms with E-state index in [-0.39, 0.29) is 5.92 Å². The van der Waals surface area contributed by atoms with Crippen LogP contribution in [0.5, 0.6) is 0 Å². The fourth-order valence-corrected chi connectivity index (χ4v) is 3.53. The number of benzene rings is 1. The van der Waals surface area contributed by atoms with E-state index in [0.717, 1.165) is 23.1 Å². The van der Waals surface area contributed by atoms with E-state index in [1.165, 1.54) is 4.90 Å². The second-order valence-electron chi connectivity index (χ2n) is 8.23. The molecule has 1 aromatic heterocycles. The first-order valence-corrected chi connectivity index (χ1v) is 9.45. The summed E-state index contributed by atoms with van der Waals surface area (Å²) in [6, 6.07) is 11.3. The summed E-state index contributed by atoms with van der Waals surface area (Å²) in [5, 5.41) is 9.52. The summed E-state index contributed by atoms with van der Waals surface area (Å²) in [7, 11) is 0. The smallest absolute Gasteiger partial charge is 0.411 e. The molecule has 1 aromatic carbocycles. The summed E-state index contributed by atoms with van der Waals surface area (Å²) >= 11 is 0. The largest absolute Gasteiger partial charge is 0.480 e. The number of amides is 1. The lowest BCUT2D eigenvalue weighted by Gasteiger charge is -2.26. The maximum atomic E-state index is 12.4. The lowest BCUT2D eigenvalue weighted by Crippen LogP contribution is -2.43. The van der Waals surface area contributed by atoms with Gasteiger partial charge >= 0.3 is 12.1 Å². The second kappa shape index (κ2) is 8.00. The number of carbonyl (C=O) groups is 2. The Hall–Kier alpha value is -2.89. The number of hydrogen-bond donors (Lipinski definition) is 1. The first-order chi connectivity index (χ1) is 13.2. The monoisotopic (exact) mass is 382 g/mol. The van der Waals surface area contributed by atoms with Crippen molar-refractivity contribution in [1.29, 1.82) is 0 Å². The molecule has 0 saturated carbocycles. The molecule has 2 heterocycles. The van der Waals surface area contributed by atoms with Gasteiger partial charge in [-0.1, -0.05) is 30.3 Å². The van der Waals surface area contributed by atoms with Crippen molar-refractivity contribution in [2.24, 2.45) is 5.92 Å². The van der Waals surface area contributed by atoms with Crippen molar-refractivity contribution in [3.63, 3.8) is 0 Å². The van der Waals surface area contributed by atoms with E-state index in [9.17, 15) is 14.7 Å². The molecule has 2 atom stereocenters. The molecule has 3 rings (SSSR count). The Morgan fingerprint density at radius 2 is 1.89 bits per heavy atom. The van der Waals surface area contributed by atoms with E-state index < -0.39 is 23.7 Å². The second-order valence-corrected chi connectivity index (χ2v) is 8.23. The highest BCUT2D eigenvalue weighted by atomic mass is 16.6. The van der Waals surface area contributed by atoms with Crippen LogP contribution in [0.3, 0.4) is 0 Å². The molecule has 1 saturated heterocycles. The zero-order valence-electron chi connectivity index (χ0n) is 16.5. The van der Waals surface area contributed by atoms with Gasteiger partial charge in [0.1, 0.15) is 11.6 Å². The molecule has 1 aliphatic heterocycles. The number of aliphatic carboxylic acids is 1. The summed E-state index contributed by atoms with van der Waals surface area (Å²) in [4.78, 5) is 29.5. The van der Waals surface area contributed by atoms with Crippen molar-refractivity contribution in [1.82, 2.24) is 9.88 Å². The summed E-state index contributed by atoms with van der Waals surface area (Å²) in [6.45, 7) is 5.71. The van der Waals surface area contributed by atoms with Crippen LogP contribution < -0.4 is 0 Å². The number of pyridine rings is 1. The lowest BCUT2D eigenvalue weighted by atomic mass is 9.95. The van der Waals surface area contributed by atoms with E-state index in [0.29, 0.717) is 13.0 Å². The number of ether oxygens (including phenoxy) is 1. The van der Waals surface area contributed by atoms with Crippen LogP contribution in [0, 0.1) is 5.92 Å². The van der Waals surface area contributed by atoms with Crippen molar-refractivity contribution in [3.05, 3.63) is 54.4 Å². The Balaban J connectivity index is 1.67. The maximum absolute atomic E-state index is 12.4. The van der Waals surface area contributed by atoms with Crippen LogP contribution in [0.1, 0.15) is 32.8 Å². The standard InChI is InChI=1S/C22H26N2O4/c1-22(2,3)28-21(27)24-14-16(12-19(24)20(25)26)11-15-6-8-17(9-7-15)18-5-4-10-23-13-18/h4-10,13,16,19H,11-12,14H2,1-3H3,(H,25,26)/t16-,19+/m0/s1. The Bertz CT molecular complexity index is 828. The number of likely N-dealkylation sites (tertiary alicyclic amines) is 1. The number of hydrogen-bond acceptors (Lipinski definition) is 4. The van der Waals surface area contributed by atoms with E-state index in [1.807, 2.05) is 42.6 Å². The predicted octanol–water partition coefficient (Wildman–Crippen LogP) is 4.00. The summed E-state index contributed by atoms with van der Waals surface area (Å²) < 4.78 is 5.38. The molecule has 1 N–H and O–H groups in total. The molecule has 1 aliphatic rings. The molecule has 0 bridgehead atoms. The topological polar surface area (TPSA) is 79.7 Å². The number of nitrogens with zero attached hydrogens (tertiary/aromatic N) is 2. The highest BCUT2D eigenvalue weighted by molar-refractivity contribution is 5.81. The van der Waals surface area contributed by atoms with Gasteiger partial charge in [0.25, 0.3) is 0 Å². The van der Waals surface area contributed by atoms with Crippen LogP contribution in [0.2, 0.25) is 0 Å². The van der Waals surface area contributed by atoms with Crippen LogP contribution in [-0.4, -0.2) is 45.2 Å². The van der Waals surface area contributed by atoms with Crippen molar-refractivity contribution < 1.29 is 19.4 Å². The van der Waals surface area contributed by atoms with E-state index in [2.05, 4.69) is 4.98 Å². The minimum absolute atomic E-state index is 0.0814. The molecule has 148 valence electrons. The first-order valence-electron chi connectivity index (χ1n) is 9.45. The predicted molar refractivity (Wildman–Crippen MR) is 106 cm³/mol. The van der Waals surface area contributed by atoms with Crippen LogP contribution >= 0.6 is 0 Å². The Morgan fingerprint density at radius 1 is 1.18 bits per heavy atom. The van der Waals surface area contributed by atoms with Gasteiger partial charge in [0.15, 0.2) is 0 Å². The minimum Gasteiger partial charge on any atom is -0.480 e. The molecule has 28 heavy (non-hydrogen) atoms. The number of carboxylic acids is 1. The van der Waals surface area contributed by atoms with Crippen LogP contribution in [-0.2, 0) is 16.0 Å². The fourth-order valence-electron chi connectivity index (χ4n) is 3.53. The Kier molecular flexibility index (Phi) is 5.68. The van der Waals surface area contributed by atoms with Gasteiger partial charge in [-0.25, -0.2) is 9.59 Å². The zero-order chi connectivity index (χ0) is 20.3.